The molecule has 0 spiro atoms. The van der Waals surface area contributed by atoms with Gasteiger partial charge in [0, 0.05) is 17.3 Å². The van der Waals surface area contributed by atoms with Gasteiger partial charge in [-0.05, 0) is 13.8 Å². The maximum atomic E-state index is 6.01. The van der Waals surface area contributed by atoms with Crippen molar-refractivity contribution >= 4 is 9.72 Å². The van der Waals surface area contributed by atoms with Crippen LogP contribution in [0.3, 0.4) is 0 Å². The Kier molecular flexibility index (Phi) is 5.33. The van der Waals surface area contributed by atoms with Crippen molar-refractivity contribution in [3.63, 3.8) is 0 Å². The fraction of sp³-hybridized carbons (Fsp3) is 1.00. The van der Waals surface area contributed by atoms with Gasteiger partial charge in [0.15, 0.2) is 0 Å². The van der Waals surface area contributed by atoms with E-state index in [1.807, 2.05) is 0 Å². The fourth-order valence-corrected chi connectivity index (χ4v) is 5.73. The standard InChI is InChI=1S/C10H26O2S/c1-6-11-13(8-3,9-4,10-5)12-7-2/h13H,6-10H2,1-5H3. The Morgan fingerprint density at radius 3 is 1.15 bits per heavy atom. The lowest BCUT2D eigenvalue weighted by Gasteiger charge is -2.66. The van der Waals surface area contributed by atoms with Crippen LogP contribution in [-0.4, -0.2) is 30.5 Å². The van der Waals surface area contributed by atoms with Crippen molar-refractivity contribution in [1.29, 1.82) is 0 Å². The molecule has 0 radical (unpaired) electrons. The molecule has 84 valence electrons. The molecule has 0 saturated carbocycles. The lowest BCUT2D eigenvalue weighted by molar-refractivity contribution is 0.258. The molecular weight excluding hydrogens is 184 g/mol. The van der Waals surface area contributed by atoms with E-state index < -0.39 is 9.72 Å². The second-order valence-electron chi connectivity index (χ2n) is 3.30. The number of hydrogen-bond donors (Lipinski definition) is 1. The zero-order valence-corrected chi connectivity index (χ0v) is 10.7. The minimum atomic E-state index is -2.24. The van der Waals surface area contributed by atoms with Gasteiger partial charge in [-0.3, -0.25) is 9.72 Å². The molecule has 0 bridgehead atoms. The van der Waals surface area contributed by atoms with E-state index in [1.165, 1.54) is 0 Å². The van der Waals surface area contributed by atoms with Gasteiger partial charge in [0.1, 0.15) is 0 Å². The largest absolute Gasteiger partial charge is 0.314 e. The van der Waals surface area contributed by atoms with Crippen LogP contribution in [0.1, 0.15) is 34.6 Å². The minimum absolute atomic E-state index is 0.771. The normalized spacial score (nSPS) is 15.3. The van der Waals surface area contributed by atoms with E-state index in [9.17, 15) is 0 Å². The van der Waals surface area contributed by atoms with Crippen LogP contribution < -0.4 is 0 Å². The van der Waals surface area contributed by atoms with Crippen molar-refractivity contribution < 1.29 is 8.37 Å². The van der Waals surface area contributed by atoms with E-state index in [2.05, 4.69) is 34.6 Å². The predicted octanol–water partition coefficient (Wildman–Crippen LogP) is 3.02. The van der Waals surface area contributed by atoms with E-state index in [1.54, 1.807) is 0 Å². The molecule has 0 aromatic heterocycles. The highest BCUT2D eigenvalue weighted by atomic mass is 32.3. The molecule has 13 heavy (non-hydrogen) atoms. The maximum Gasteiger partial charge on any atom is 0.0650 e. The SMILES string of the molecule is CCO[SH](CC)(CC)(CC)OCC. The van der Waals surface area contributed by atoms with Gasteiger partial charge in [-0.1, -0.05) is 20.8 Å². The van der Waals surface area contributed by atoms with E-state index in [4.69, 9.17) is 8.37 Å². The lowest BCUT2D eigenvalue weighted by Crippen LogP contribution is -2.31. The second kappa shape index (κ2) is 5.23. The summed E-state index contributed by atoms with van der Waals surface area (Å²) in [5, 5.41) is 0. The summed E-state index contributed by atoms with van der Waals surface area (Å²) in [5.41, 5.74) is 0. The highest BCUT2D eigenvalue weighted by molar-refractivity contribution is 8.42. The van der Waals surface area contributed by atoms with Gasteiger partial charge < -0.3 is 8.37 Å². The van der Waals surface area contributed by atoms with Crippen molar-refractivity contribution in [2.75, 3.05) is 30.5 Å². The first-order valence-electron chi connectivity index (χ1n) is 5.43. The summed E-state index contributed by atoms with van der Waals surface area (Å²) in [4.78, 5) is 0. The maximum absolute atomic E-state index is 6.01. The Bertz CT molecular complexity index is 123. The predicted molar refractivity (Wildman–Crippen MR) is 63.9 cm³/mol. The summed E-state index contributed by atoms with van der Waals surface area (Å²) in [6.07, 6.45) is 0. The summed E-state index contributed by atoms with van der Waals surface area (Å²) in [5.74, 6) is 3.13. The van der Waals surface area contributed by atoms with Gasteiger partial charge in [0.2, 0.25) is 0 Å². The van der Waals surface area contributed by atoms with Crippen LogP contribution in [0.25, 0.3) is 0 Å². The van der Waals surface area contributed by atoms with Gasteiger partial charge in [0.05, 0.1) is 13.2 Å². The molecule has 0 atom stereocenters. The Balaban J connectivity index is 4.77. The molecule has 0 N–H and O–H groups in total. The van der Waals surface area contributed by atoms with Crippen molar-refractivity contribution in [2.45, 2.75) is 34.6 Å². The summed E-state index contributed by atoms with van der Waals surface area (Å²) in [6, 6.07) is 0. The molecule has 0 aliphatic rings. The first kappa shape index (κ1) is 13.3. The molecule has 0 amide bonds. The van der Waals surface area contributed by atoms with Crippen LogP contribution >= 0.6 is 9.72 Å². The van der Waals surface area contributed by atoms with Crippen molar-refractivity contribution in [3.8, 4) is 0 Å². The smallest absolute Gasteiger partial charge is 0.0650 e. The average molecular weight is 210 g/mol. The molecule has 0 aromatic rings. The Hall–Kier alpha value is 0.270. The molecule has 0 saturated heterocycles. The monoisotopic (exact) mass is 210 g/mol. The Morgan fingerprint density at radius 1 is 0.692 bits per heavy atom. The second-order valence-corrected chi connectivity index (χ2v) is 8.76. The van der Waals surface area contributed by atoms with E-state index in [0.717, 1.165) is 30.5 Å². The molecule has 0 aliphatic heterocycles. The summed E-state index contributed by atoms with van der Waals surface area (Å²) in [7, 11) is -2.24. The Morgan fingerprint density at radius 2 is 1.00 bits per heavy atom. The molecule has 3 heteroatoms. The van der Waals surface area contributed by atoms with Gasteiger partial charge in [0.25, 0.3) is 0 Å². The van der Waals surface area contributed by atoms with Gasteiger partial charge in [-0.25, -0.2) is 0 Å². The van der Waals surface area contributed by atoms with Crippen molar-refractivity contribution in [3.05, 3.63) is 0 Å². The molecule has 0 rings (SSSR count). The summed E-state index contributed by atoms with van der Waals surface area (Å²) >= 11 is 0. The van der Waals surface area contributed by atoms with Crippen LogP contribution in [0.4, 0.5) is 0 Å². The third kappa shape index (κ3) is 2.61. The van der Waals surface area contributed by atoms with Crippen LogP contribution in [0.2, 0.25) is 0 Å². The molecule has 0 unspecified atom stereocenters. The quantitative estimate of drug-likeness (QED) is 0.651. The van der Waals surface area contributed by atoms with Gasteiger partial charge in [-0.15, -0.1) is 0 Å². The van der Waals surface area contributed by atoms with Crippen molar-refractivity contribution in [2.24, 2.45) is 0 Å². The lowest BCUT2D eigenvalue weighted by atomic mass is 10.9. The fourth-order valence-electron chi connectivity index (χ4n) is 1.91. The highest BCUT2D eigenvalue weighted by Crippen LogP contribution is 2.70. The van der Waals surface area contributed by atoms with E-state index in [-0.39, 0.29) is 0 Å². The first-order valence-corrected chi connectivity index (χ1v) is 8.05. The molecule has 0 fully saturated rings. The minimum Gasteiger partial charge on any atom is -0.314 e. The molecule has 0 aromatic carbocycles. The van der Waals surface area contributed by atoms with Crippen molar-refractivity contribution in [1.82, 2.24) is 0 Å². The van der Waals surface area contributed by atoms with Crippen LogP contribution in [0.15, 0.2) is 0 Å². The highest BCUT2D eigenvalue weighted by Gasteiger charge is 2.30. The van der Waals surface area contributed by atoms with Crippen LogP contribution in [0, 0.1) is 0 Å². The molecular formula is C10H26O2S. The molecule has 0 aliphatic carbocycles. The summed E-state index contributed by atoms with van der Waals surface area (Å²) in [6.45, 7) is 12.2. The topological polar surface area (TPSA) is 18.5 Å². The number of rotatable bonds is 7. The van der Waals surface area contributed by atoms with E-state index >= 15 is 0 Å². The molecule has 2 nitrogen and oxygen atoms in total. The van der Waals surface area contributed by atoms with Crippen LogP contribution in [-0.2, 0) is 8.37 Å². The van der Waals surface area contributed by atoms with Crippen LogP contribution in [0.5, 0.6) is 0 Å². The van der Waals surface area contributed by atoms with Gasteiger partial charge >= 0.3 is 0 Å². The number of thiol groups is 1. The molecule has 0 heterocycles. The summed E-state index contributed by atoms with van der Waals surface area (Å²) < 4.78 is 12.0. The zero-order chi connectivity index (χ0) is 10.4. The average Bonchev–Trinajstić information content (AvgIpc) is 2.18. The third-order valence-corrected chi connectivity index (χ3v) is 9.08. The Labute approximate surface area is 83.7 Å². The number of hydrogen-bond acceptors (Lipinski definition) is 2. The van der Waals surface area contributed by atoms with Gasteiger partial charge in [-0.2, -0.15) is 0 Å². The third-order valence-electron chi connectivity index (χ3n) is 3.03. The van der Waals surface area contributed by atoms with E-state index in [0.29, 0.717) is 0 Å². The zero-order valence-electron chi connectivity index (χ0n) is 9.80. The first-order chi connectivity index (χ1) is 6.12.